The minimum atomic E-state index is 0.250. The van der Waals surface area contributed by atoms with Crippen LogP contribution in [0.15, 0.2) is 41.8 Å². The SMILES string of the molecule is CNC(c1ccsc1C)C1(c2ccccc2)CCCCC1. The van der Waals surface area contributed by atoms with E-state index in [0.29, 0.717) is 6.04 Å². The van der Waals surface area contributed by atoms with Crippen LogP contribution in [0.3, 0.4) is 0 Å². The molecule has 2 aromatic rings. The van der Waals surface area contributed by atoms with Gasteiger partial charge < -0.3 is 5.32 Å². The number of rotatable bonds is 4. The van der Waals surface area contributed by atoms with Gasteiger partial charge in [0.1, 0.15) is 0 Å². The van der Waals surface area contributed by atoms with Crippen LogP contribution < -0.4 is 5.32 Å². The quantitative estimate of drug-likeness (QED) is 0.816. The summed E-state index contributed by atoms with van der Waals surface area (Å²) in [5.74, 6) is 0. The summed E-state index contributed by atoms with van der Waals surface area (Å²) in [5.41, 5.74) is 3.25. The molecule has 0 spiro atoms. The van der Waals surface area contributed by atoms with E-state index in [1.165, 1.54) is 48.1 Å². The van der Waals surface area contributed by atoms with Crippen LogP contribution in [0.25, 0.3) is 0 Å². The predicted octanol–water partition coefficient (Wildman–Crippen LogP) is 5.22. The molecule has 0 amide bonds. The predicted molar refractivity (Wildman–Crippen MR) is 92.1 cm³/mol. The van der Waals surface area contributed by atoms with E-state index in [2.05, 4.69) is 61.1 Å². The second-order valence-electron chi connectivity index (χ2n) is 6.24. The van der Waals surface area contributed by atoms with Crippen LogP contribution in [0.4, 0.5) is 0 Å². The van der Waals surface area contributed by atoms with Crippen molar-refractivity contribution < 1.29 is 0 Å². The Morgan fingerprint density at radius 1 is 1.05 bits per heavy atom. The fraction of sp³-hybridized carbons (Fsp3) is 0.474. The Morgan fingerprint density at radius 3 is 2.33 bits per heavy atom. The number of likely N-dealkylation sites (N-methyl/N-ethyl adjacent to an activating group) is 1. The van der Waals surface area contributed by atoms with Gasteiger partial charge >= 0.3 is 0 Å². The van der Waals surface area contributed by atoms with E-state index in [9.17, 15) is 0 Å². The second kappa shape index (κ2) is 6.33. The first kappa shape index (κ1) is 14.8. The zero-order valence-electron chi connectivity index (χ0n) is 13.1. The lowest BCUT2D eigenvalue weighted by Gasteiger charge is -2.44. The largest absolute Gasteiger partial charge is 0.312 e. The van der Waals surface area contributed by atoms with Gasteiger partial charge in [0, 0.05) is 16.3 Å². The highest BCUT2D eigenvalue weighted by Crippen LogP contribution is 2.49. The first-order valence-corrected chi connectivity index (χ1v) is 8.93. The van der Waals surface area contributed by atoms with E-state index in [1.807, 2.05) is 11.3 Å². The van der Waals surface area contributed by atoms with Crippen LogP contribution in [0.5, 0.6) is 0 Å². The zero-order chi connectivity index (χ0) is 14.7. The van der Waals surface area contributed by atoms with Crippen molar-refractivity contribution in [3.05, 3.63) is 57.8 Å². The molecular weight excluding hydrogens is 274 g/mol. The average Bonchev–Trinajstić information content (AvgIpc) is 2.96. The summed E-state index contributed by atoms with van der Waals surface area (Å²) in [6.45, 7) is 2.26. The monoisotopic (exact) mass is 299 g/mol. The van der Waals surface area contributed by atoms with Crippen molar-refractivity contribution in [1.29, 1.82) is 0 Å². The molecule has 1 nitrogen and oxygen atoms in total. The lowest BCUT2D eigenvalue weighted by Crippen LogP contribution is -2.42. The highest BCUT2D eigenvalue weighted by Gasteiger charge is 2.41. The molecule has 1 aromatic carbocycles. The molecule has 112 valence electrons. The van der Waals surface area contributed by atoms with Crippen LogP contribution >= 0.6 is 11.3 Å². The highest BCUT2D eigenvalue weighted by molar-refractivity contribution is 7.10. The Hall–Kier alpha value is -1.12. The summed E-state index contributed by atoms with van der Waals surface area (Å²) in [7, 11) is 2.13. The maximum absolute atomic E-state index is 3.66. The van der Waals surface area contributed by atoms with E-state index >= 15 is 0 Å². The van der Waals surface area contributed by atoms with Gasteiger partial charge in [-0.25, -0.2) is 0 Å². The Kier molecular flexibility index (Phi) is 4.46. The summed E-state index contributed by atoms with van der Waals surface area (Å²) < 4.78 is 0. The summed E-state index contributed by atoms with van der Waals surface area (Å²) in [6, 6.07) is 13.9. The molecule has 0 radical (unpaired) electrons. The Balaban J connectivity index is 2.08. The van der Waals surface area contributed by atoms with E-state index in [4.69, 9.17) is 0 Å². The van der Waals surface area contributed by atoms with Gasteiger partial charge in [0.2, 0.25) is 0 Å². The van der Waals surface area contributed by atoms with Crippen molar-refractivity contribution in [2.24, 2.45) is 0 Å². The van der Waals surface area contributed by atoms with Crippen molar-refractivity contribution in [3.8, 4) is 0 Å². The molecule has 1 fully saturated rings. The molecular formula is C19H25NS. The molecule has 0 saturated heterocycles. The number of aryl methyl sites for hydroxylation is 1. The molecule has 1 saturated carbocycles. The molecule has 0 aliphatic heterocycles. The maximum Gasteiger partial charge on any atom is 0.0426 e. The lowest BCUT2D eigenvalue weighted by atomic mass is 9.63. The zero-order valence-corrected chi connectivity index (χ0v) is 13.9. The molecule has 2 heteroatoms. The van der Waals surface area contributed by atoms with Crippen LogP contribution in [0.1, 0.15) is 54.1 Å². The summed E-state index contributed by atoms with van der Waals surface area (Å²) in [4.78, 5) is 1.45. The molecule has 1 heterocycles. The standard InChI is InChI=1S/C19H25NS/c1-15-17(11-14-21-15)18(20-2)19(12-7-4-8-13-19)16-9-5-3-6-10-16/h3,5-6,9-11,14,18,20H,4,7-8,12-13H2,1-2H3. The van der Waals surface area contributed by atoms with E-state index < -0.39 is 0 Å². The molecule has 0 bridgehead atoms. The van der Waals surface area contributed by atoms with Crippen LogP contribution in [0.2, 0.25) is 0 Å². The fourth-order valence-corrected chi connectivity index (χ4v) is 4.86. The first-order valence-electron chi connectivity index (χ1n) is 8.05. The second-order valence-corrected chi connectivity index (χ2v) is 7.36. The first-order chi connectivity index (χ1) is 10.3. The third-order valence-corrected chi connectivity index (χ3v) is 6.01. The number of hydrogen-bond acceptors (Lipinski definition) is 2. The van der Waals surface area contributed by atoms with Gasteiger partial charge in [-0.3, -0.25) is 0 Å². The van der Waals surface area contributed by atoms with E-state index in [-0.39, 0.29) is 5.41 Å². The minimum absolute atomic E-state index is 0.250. The van der Waals surface area contributed by atoms with Crippen molar-refractivity contribution in [1.82, 2.24) is 5.32 Å². The summed E-state index contributed by atoms with van der Waals surface area (Å²) >= 11 is 1.87. The molecule has 1 N–H and O–H groups in total. The highest BCUT2D eigenvalue weighted by atomic mass is 32.1. The average molecular weight is 299 g/mol. The normalized spacial score (nSPS) is 19.3. The van der Waals surface area contributed by atoms with Crippen LogP contribution in [-0.2, 0) is 5.41 Å². The smallest absolute Gasteiger partial charge is 0.0426 e. The van der Waals surface area contributed by atoms with E-state index in [1.54, 1.807) is 0 Å². The maximum atomic E-state index is 3.66. The van der Waals surface area contributed by atoms with Gasteiger partial charge in [-0.1, -0.05) is 49.6 Å². The number of benzene rings is 1. The Morgan fingerprint density at radius 2 is 1.76 bits per heavy atom. The molecule has 1 aliphatic rings. The minimum Gasteiger partial charge on any atom is -0.312 e. The number of hydrogen-bond donors (Lipinski definition) is 1. The van der Waals surface area contributed by atoms with Crippen molar-refractivity contribution >= 4 is 11.3 Å². The molecule has 21 heavy (non-hydrogen) atoms. The van der Waals surface area contributed by atoms with Crippen LogP contribution in [0, 0.1) is 6.92 Å². The van der Waals surface area contributed by atoms with Gasteiger partial charge in [0.25, 0.3) is 0 Å². The molecule has 1 atom stereocenters. The van der Waals surface area contributed by atoms with Crippen molar-refractivity contribution in [2.45, 2.75) is 50.5 Å². The van der Waals surface area contributed by atoms with E-state index in [0.717, 1.165) is 0 Å². The summed E-state index contributed by atoms with van der Waals surface area (Å²) in [5, 5.41) is 5.89. The lowest BCUT2D eigenvalue weighted by molar-refractivity contribution is 0.221. The van der Waals surface area contributed by atoms with Gasteiger partial charge in [0.15, 0.2) is 0 Å². The molecule has 1 aliphatic carbocycles. The fourth-order valence-electron chi connectivity index (χ4n) is 4.12. The van der Waals surface area contributed by atoms with Crippen molar-refractivity contribution in [3.63, 3.8) is 0 Å². The molecule has 1 aromatic heterocycles. The third-order valence-electron chi connectivity index (χ3n) is 5.15. The van der Waals surface area contributed by atoms with Gasteiger partial charge in [-0.2, -0.15) is 0 Å². The third kappa shape index (κ3) is 2.67. The Bertz CT molecular complexity index is 566. The molecule has 3 rings (SSSR count). The van der Waals surface area contributed by atoms with Gasteiger partial charge in [-0.05, 0) is 49.4 Å². The summed E-state index contributed by atoms with van der Waals surface area (Å²) in [6.07, 6.45) is 6.65. The van der Waals surface area contributed by atoms with Crippen molar-refractivity contribution in [2.75, 3.05) is 7.05 Å². The molecule has 1 unspecified atom stereocenters. The van der Waals surface area contributed by atoms with Crippen LogP contribution in [-0.4, -0.2) is 7.05 Å². The topological polar surface area (TPSA) is 12.0 Å². The number of nitrogens with one attached hydrogen (secondary N) is 1. The number of thiophene rings is 1. The van der Waals surface area contributed by atoms with Gasteiger partial charge in [0.05, 0.1) is 0 Å². The Labute approximate surface area is 132 Å². The van der Waals surface area contributed by atoms with Gasteiger partial charge in [-0.15, -0.1) is 11.3 Å².